The summed E-state index contributed by atoms with van der Waals surface area (Å²) in [4.78, 5) is 26.8. The van der Waals surface area contributed by atoms with E-state index in [9.17, 15) is 18.0 Å². The molecule has 13 heteroatoms. The minimum Gasteiger partial charge on any atom is -0.458 e. The van der Waals surface area contributed by atoms with Gasteiger partial charge in [0.05, 0.1) is 35.1 Å². The SMILES string of the molecule is CC[C@H](C)n1c(SCC(=O)Nc2ccccc2C(=O)O[C@@H]2C[C@@H](C)CC[C@@H]2C(C)C)nnc1-c1cccc(S(=O)(=O)N2CCOCC2)c1. The van der Waals surface area contributed by atoms with Crippen LogP contribution in [0.15, 0.2) is 58.6 Å². The average Bonchev–Trinajstić information content (AvgIpc) is 3.51. The highest BCUT2D eigenvalue weighted by Crippen LogP contribution is 2.36. The lowest BCUT2D eigenvalue weighted by molar-refractivity contribution is -0.113. The van der Waals surface area contributed by atoms with Crippen molar-refractivity contribution in [1.29, 1.82) is 0 Å². The molecule has 2 aliphatic rings. The molecular weight excluding hydrogens is 651 g/mol. The highest BCUT2D eigenvalue weighted by atomic mass is 32.2. The van der Waals surface area contributed by atoms with Crippen LogP contribution in [0.5, 0.6) is 0 Å². The zero-order valence-electron chi connectivity index (χ0n) is 28.4. The highest BCUT2D eigenvalue weighted by molar-refractivity contribution is 7.99. The van der Waals surface area contributed by atoms with Gasteiger partial charge in [-0.2, -0.15) is 4.31 Å². The average molecular weight is 698 g/mol. The Labute approximate surface area is 288 Å². The van der Waals surface area contributed by atoms with E-state index in [0.717, 1.165) is 25.7 Å². The number of carbonyl (C=O) groups excluding carboxylic acids is 2. The topological polar surface area (TPSA) is 133 Å². The molecule has 1 aliphatic heterocycles. The summed E-state index contributed by atoms with van der Waals surface area (Å²) < 4.78 is 41.5. The van der Waals surface area contributed by atoms with Crippen molar-refractivity contribution in [3.8, 4) is 11.4 Å². The molecule has 1 aromatic heterocycles. The third kappa shape index (κ3) is 8.30. The first-order chi connectivity index (χ1) is 23.0. The van der Waals surface area contributed by atoms with Crippen molar-refractivity contribution >= 4 is 39.3 Å². The van der Waals surface area contributed by atoms with E-state index in [1.807, 2.05) is 24.5 Å². The number of anilines is 1. The number of ether oxygens (including phenoxy) is 2. The number of esters is 1. The summed E-state index contributed by atoms with van der Waals surface area (Å²) >= 11 is 1.23. The summed E-state index contributed by atoms with van der Waals surface area (Å²) in [5.74, 6) is 1.04. The van der Waals surface area contributed by atoms with E-state index >= 15 is 0 Å². The van der Waals surface area contributed by atoms with Crippen molar-refractivity contribution in [2.75, 3.05) is 37.4 Å². The number of aromatic nitrogens is 3. The fraction of sp³-hybridized carbons (Fsp3) is 0.543. The molecule has 1 saturated heterocycles. The lowest BCUT2D eigenvalue weighted by Gasteiger charge is -2.36. The minimum atomic E-state index is -3.70. The molecule has 2 heterocycles. The van der Waals surface area contributed by atoms with E-state index in [2.05, 4.69) is 36.3 Å². The fourth-order valence-corrected chi connectivity index (χ4v) is 8.71. The van der Waals surface area contributed by atoms with Gasteiger partial charge in [-0.25, -0.2) is 13.2 Å². The van der Waals surface area contributed by atoms with Crippen molar-refractivity contribution in [3.05, 3.63) is 54.1 Å². The van der Waals surface area contributed by atoms with Crippen molar-refractivity contribution in [2.24, 2.45) is 17.8 Å². The normalized spacial score (nSPS) is 21.2. The van der Waals surface area contributed by atoms with E-state index in [-0.39, 0.29) is 28.7 Å². The number of thioether (sulfide) groups is 1. The van der Waals surface area contributed by atoms with Crippen LogP contribution in [0.3, 0.4) is 0 Å². The molecule has 2 aromatic carbocycles. The largest absolute Gasteiger partial charge is 0.458 e. The number of benzene rings is 2. The van der Waals surface area contributed by atoms with E-state index in [1.165, 1.54) is 16.1 Å². The second-order valence-corrected chi connectivity index (χ2v) is 16.0. The Morgan fingerprint density at radius 2 is 1.81 bits per heavy atom. The second kappa shape index (κ2) is 16.0. The zero-order chi connectivity index (χ0) is 34.4. The summed E-state index contributed by atoms with van der Waals surface area (Å²) in [5, 5.41) is 12.3. The van der Waals surface area contributed by atoms with Crippen molar-refractivity contribution in [2.45, 2.75) is 82.5 Å². The van der Waals surface area contributed by atoms with E-state index in [4.69, 9.17) is 9.47 Å². The molecule has 5 rings (SSSR count). The molecule has 2 fully saturated rings. The second-order valence-electron chi connectivity index (χ2n) is 13.1. The highest BCUT2D eigenvalue weighted by Gasteiger charge is 2.34. The lowest BCUT2D eigenvalue weighted by atomic mass is 9.75. The van der Waals surface area contributed by atoms with Gasteiger partial charge in [0.1, 0.15) is 6.10 Å². The van der Waals surface area contributed by atoms with Gasteiger partial charge < -0.3 is 14.8 Å². The Morgan fingerprint density at radius 1 is 1.06 bits per heavy atom. The molecule has 1 amide bonds. The van der Waals surface area contributed by atoms with Crippen LogP contribution >= 0.6 is 11.8 Å². The van der Waals surface area contributed by atoms with Crippen molar-refractivity contribution in [3.63, 3.8) is 0 Å². The number of amides is 1. The summed E-state index contributed by atoms with van der Waals surface area (Å²) in [6.45, 7) is 12.0. The quantitative estimate of drug-likeness (QED) is 0.171. The van der Waals surface area contributed by atoms with Crippen LogP contribution < -0.4 is 5.32 Å². The van der Waals surface area contributed by atoms with Gasteiger partial charge in [-0.3, -0.25) is 9.36 Å². The molecule has 48 heavy (non-hydrogen) atoms. The van der Waals surface area contributed by atoms with Gasteiger partial charge in [-0.15, -0.1) is 10.2 Å². The Bertz CT molecular complexity index is 1690. The third-order valence-corrected chi connectivity index (χ3v) is 12.2. The number of hydrogen-bond acceptors (Lipinski definition) is 9. The van der Waals surface area contributed by atoms with Crippen LogP contribution in [0.4, 0.5) is 5.69 Å². The van der Waals surface area contributed by atoms with E-state index in [0.29, 0.717) is 71.9 Å². The lowest BCUT2D eigenvalue weighted by Crippen LogP contribution is -2.40. The van der Waals surface area contributed by atoms with Crippen LogP contribution in [0.25, 0.3) is 11.4 Å². The van der Waals surface area contributed by atoms with Gasteiger partial charge >= 0.3 is 5.97 Å². The van der Waals surface area contributed by atoms with Crippen molar-refractivity contribution < 1.29 is 27.5 Å². The summed E-state index contributed by atoms with van der Waals surface area (Å²) in [5.41, 5.74) is 1.35. The molecule has 11 nitrogen and oxygen atoms in total. The molecule has 0 radical (unpaired) electrons. The number of carbonyl (C=O) groups is 2. The number of para-hydroxylation sites is 1. The maximum absolute atomic E-state index is 13.4. The number of nitrogens with one attached hydrogen (secondary N) is 1. The molecule has 1 saturated carbocycles. The molecule has 1 aliphatic carbocycles. The number of sulfonamides is 1. The first kappa shape index (κ1) is 36.0. The third-order valence-electron chi connectivity index (χ3n) is 9.37. The van der Waals surface area contributed by atoms with E-state index < -0.39 is 16.0 Å². The van der Waals surface area contributed by atoms with Gasteiger partial charge in [-0.1, -0.05) is 70.1 Å². The Balaban J connectivity index is 1.29. The first-order valence-corrected chi connectivity index (χ1v) is 19.3. The number of hydrogen-bond donors (Lipinski definition) is 1. The Kier molecular flexibility index (Phi) is 12.0. The maximum atomic E-state index is 13.4. The predicted molar refractivity (Wildman–Crippen MR) is 186 cm³/mol. The fourth-order valence-electron chi connectivity index (χ4n) is 6.42. The Morgan fingerprint density at radius 3 is 2.54 bits per heavy atom. The monoisotopic (exact) mass is 697 g/mol. The first-order valence-electron chi connectivity index (χ1n) is 16.9. The number of morpholine rings is 1. The van der Waals surface area contributed by atoms with Crippen molar-refractivity contribution in [1.82, 2.24) is 19.1 Å². The standard InChI is InChI=1S/C35H47N5O6S2/c1-6-25(5)40-33(26-10-9-11-27(21-26)48(43,44)39-16-18-45-19-17-39)37-38-35(40)47-22-32(41)36-30-13-8-7-12-29(30)34(42)46-31-20-24(4)14-15-28(31)23(2)3/h7-13,21,23-25,28,31H,6,14-20,22H2,1-5H3,(H,36,41)/t24-,25-,28+,31+/m0/s1. The summed E-state index contributed by atoms with van der Waals surface area (Å²) in [6, 6.07) is 13.6. The number of nitrogens with zero attached hydrogens (tertiary/aromatic N) is 4. The maximum Gasteiger partial charge on any atom is 0.340 e. The molecule has 0 spiro atoms. The number of rotatable bonds is 12. The molecule has 1 N–H and O–H groups in total. The summed E-state index contributed by atoms with van der Waals surface area (Å²) in [7, 11) is -3.70. The van der Waals surface area contributed by atoms with Gasteiger partial charge in [-0.05, 0) is 68.2 Å². The van der Waals surface area contributed by atoms with Gasteiger partial charge in [0.2, 0.25) is 15.9 Å². The van der Waals surface area contributed by atoms with Gasteiger partial charge in [0.25, 0.3) is 0 Å². The van der Waals surface area contributed by atoms with Gasteiger partial charge in [0.15, 0.2) is 11.0 Å². The van der Waals surface area contributed by atoms with Crippen LogP contribution in [-0.4, -0.2) is 77.5 Å². The van der Waals surface area contributed by atoms with Crippen LogP contribution in [0.2, 0.25) is 0 Å². The minimum absolute atomic E-state index is 0.0206. The molecule has 0 bridgehead atoms. The molecular formula is C35H47N5O6S2. The van der Waals surface area contributed by atoms with Crippen LogP contribution in [0, 0.1) is 17.8 Å². The molecule has 4 atom stereocenters. The van der Waals surface area contributed by atoms with Crippen LogP contribution in [-0.2, 0) is 24.3 Å². The summed E-state index contributed by atoms with van der Waals surface area (Å²) in [6.07, 6.45) is 3.63. The van der Waals surface area contributed by atoms with Crippen LogP contribution in [0.1, 0.15) is 76.7 Å². The zero-order valence-corrected chi connectivity index (χ0v) is 30.1. The Hall–Kier alpha value is -3.26. The smallest absolute Gasteiger partial charge is 0.340 e. The molecule has 260 valence electrons. The molecule has 3 aromatic rings. The molecule has 0 unspecified atom stereocenters. The predicted octanol–water partition coefficient (Wildman–Crippen LogP) is 6.29. The van der Waals surface area contributed by atoms with Gasteiger partial charge in [0, 0.05) is 24.7 Å². The van der Waals surface area contributed by atoms with E-state index in [1.54, 1.807) is 42.5 Å².